The van der Waals surface area contributed by atoms with E-state index in [1.807, 2.05) is 30.3 Å². The lowest BCUT2D eigenvalue weighted by molar-refractivity contribution is 0.0962. The zero-order chi connectivity index (χ0) is 11.5. The number of aromatic nitrogens is 2. The molecule has 2 rings (SSSR count). The molecule has 0 bridgehead atoms. The molecule has 0 radical (unpaired) electrons. The number of para-hydroxylation sites is 1. The first-order valence-electron chi connectivity index (χ1n) is 4.75. The third kappa shape index (κ3) is 1.95. The van der Waals surface area contributed by atoms with Crippen molar-refractivity contribution in [3.8, 4) is 5.69 Å². The van der Waals surface area contributed by atoms with Gasteiger partial charge in [0.15, 0.2) is 0 Å². The second kappa shape index (κ2) is 4.65. The minimum absolute atomic E-state index is 0.119. The van der Waals surface area contributed by atoms with Crippen LogP contribution in [-0.4, -0.2) is 22.7 Å². The van der Waals surface area contributed by atoms with Gasteiger partial charge in [0.05, 0.1) is 17.4 Å². The summed E-state index contributed by atoms with van der Waals surface area (Å²) in [7, 11) is 1.61. The molecule has 1 N–H and O–H groups in total. The van der Waals surface area contributed by atoms with E-state index < -0.39 is 0 Å². The lowest BCUT2D eigenvalue weighted by atomic mass is 10.3. The topological polar surface area (TPSA) is 46.9 Å². The third-order valence-corrected chi connectivity index (χ3v) is 3.22. The van der Waals surface area contributed by atoms with Gasteiger partial charge < -0.3 is 5.32 Å². The van der Waals surface area contributed by atoms with E-state index in [0.717, 1.165) is 9.39 Å². The molecule has 1 aromatic carbocycles. The van der Waals surface area contributed by atoms with Crippen LogP contribution in [0.1, 0.15) is 10.4 Å². The summed E-state index contributed by atoms with van der Waals surface area (Å²) < 4.78 is 2.55. The van der Waals surface area contributed by atoms with Gasteiger partial charge in [-0.1, -0.05) is 18.2 Å². The molecule has 0 unspecified atom stereocenters. The SMILES string of the molecule is CNC(=O)c1cnn(-c2ccccc2)c1I. The second-order valence-corrected chi connectivity index (χ2v) is 4.20. The minimum Gasteiger partial charge on any atom is -0.355 e. The van der Waals surface area contributed by atoms with Crippen molar-refractivity contribution in [1.29, 1.82) is 0 Å². The first kappa shape index (κ1) is 11.1. The van der Waals surface area contributed by atoms with E-state index in [2.05, 4.69) is 33.0 Å². The molecule has 5 heteroatoms. The van der Waals surface area contributed by atoms with E-state index in [-0.39, 0.29) is 5.91 Å². The number of nitrogens with zero attached hydrogens (tertiary/aromatic N) is 2. The van der Waals surface area contributed by atoms with Crippen molar-refractivity contribution >= 4 is 28.5 Å². The third-order valence-electron chi connectivity index (χ3n) is 2.18. The van der Waals surface area contributed by atoms with Gasteiger partial charge in [-0.15, -0.1) is 0 Å². The van der Waals surface area contributed by atoms with Gasteiger partial charge in [0.1, 0.15) is 3.70 Å². The van der Waals surface area contributed by atoms with Crippen molar-refractivity contribution in [2.45, 2.75) is 0 Å². The number of halogens is 1. The van der Waals surface area contributed by atoms with Crippen LogP contribution in [0.2, 0.25) is 0 Å². The average Bonchev–Trinajstić information content (AvgIpc) is 2.71. The van der Waals surface area contributed by atoms with E-state index >= 15 is 0 Å². The highest BCUT2D eigenvalue weighted by Gasteiger charge is 2.14. The van der Waals surface area contributed by atoms with Gasteiger partial charge >= 0.3 is 0 Å². The number of carbonyl (C=O) groups is 1. The monoisotopic (exact) mass is 327 g/mol. The Bertz CT molecular complexity index is 507. The Morgan fingerprint density at radius 3 is 2.69 bits per heavy atom. The molecule has 0 aliphatic carbocycles. The molecular weight excluding hydrogens is 317 g/mol. The first-order valence-corrected chi connectivity index (χ1v) is 5.83. The Labute approximate surface area is 107 Å². The van der Waals surface area contributed by atoms with E-state index in [4.69, 9.17) is 0 Å². The highest BCUT2D eigenvalue weighted by atomic mass is 127. The molecule has 0 saturated carbocycles. The quantitative estimate of drug-likeness (QED) is 0.856. The summed E-state index contributed by atoms with van der Waals surface area (Å²) in [6, 6.07) is 9.71. The number of carbonyl (C=O) groups excluding carboxylic acids is 1. The molecule has 0 aliphatic rings. The van der Waals surface area contributed by atoms with E-state index in [1.165, 1.54) is 0 Å². The number of nitrogens with one attached hydrogen (secondary N) is 1. The molecular formula is C11H10IN3O. The van der Waals surface area contributed by atoms with E-state index in [9.17, 15) is 4.79 Å². The molecule has 0 spiro atoms. The molecule has 0 fully saturated rings. The maximum Gasteiger partial charge on any atom is 0.255 e. The van der Waals surface area contributed by atoms with Crippen LogP contribution in [0.5, 0.6) is 0 Å². The van der Waals surface area contributed by atoms with Crippen LogP contribution in [0.25, 0.3) is 5.69 Å². The van der Waals surface area contributed by atoms with Crippen molar-refractivity contribution in [1.82, 2.24) is 15.1 Å². The Balaban J connectivity index is 2.45. The average molecular weight is 327 g/mol. The fourth-order valence-electron chi connectivity index (χ4n) is 1.37. The van der Waals surface area contributed by atoms with Crippen LogP contribution in [0.15, 0.2) is 36.5 Å². The van der Waals surface area contributed by atoms with Gasteiger partial charge in [-0.25, -0.2) is 4.68 Å². The van der Waals surface area contributed by atoms with Crippen molar-refractivity contribution in [2.75, 3.05) is 7.05 Å². The van der Waals surface area contributed by atoms with Crippen LogP contribution in [0, 0.1) is 3.70 Å². The van der Waals surface area contributed by atoms with Crippen LogP contribution >= 0.6 is 22.6 Å². The zero-order valence-corrected chi connectivity index (χ0v) is 10.8. The molecule has 0 aliphatic heterocycles. The van der Waals surface area contributed by atoms with Crippen LogP contribution in [0.4, 0.5) is 0 Å². The molecule has 1 amide bonds. The number of rotatable bonds is 2. The predicted molar refractivity (Wildman–Crippen MR) is 69.7 cm³/mol. The van der Waals surface area contributed by atoms with Gasteiger partial charge in [-0.05, 0) is 34.7 Å². The Morgan fingerprint density at radius 1 is 1.38 bits per heavy atom. The summed E-state index contributed by atoms with van der Waals surface area (Å²) in [5.74, 6) is -0.119. The molecule has 2 aromatic rings. The number of amides is 1. The van der Waals surface area contributed by atoms with Crippen LogP contribution < -0.4 is 5.32 Å². The lowest BCUT2D eigenvalue weighted by Gasteiger charge is -2.03. The zero-order valence-electron chi connectivity index (χ0n) is 8.64. The predicted octanol–water partition coefficient (Wildman–Crippen LogP) is 1.84. The molecule has 82 valence electrons. The summed E-state index contributed by atoms with van der Waals surface area (Å²) in [6.07, 6.45) is 1.58. The normalized spacial score (nSPS) is 10.1. The highest BCUT2D eigenvalue weighted by molar-refractivity contribution is 14.1. The smallest absolute Gasteiger partial charge is 0.255 e. The number of hydrogen-bond acceptors (Lipinski definition) is 2. The summed E-state index contributed by atoms with van der Waals surface area (Å²) >= 11 is 2.12. The maximum atomic E-state index is 11.5. The summed E-state index contributed by atoms with van der Waals surface area (Å²) in [6.45, 7) is 0. The van der Waals surface area contributed by atoms with E-state index in [1.54, 1.807) is 17.9 Å². The van der Waals surface area contributed by atoms with Crippen LogP contribution in [0.3, 0.4) is 0 Å². The van der Waals surface area contributed by atoms with Crippen molar-refractivity contribution in [2.24, 2.45) is 0 Å². The van der Waals surface area contributed by atoms with Crippen LogP contribution in [-0.2, 0) is 0 Å². The highest BCUT2D eigenvalue weighted by Crippen LogP contribution is 2.16. The van der Waals surface area contributed by atoms with Gasteiger partial charge in [0, 0.05) is 7.05 Å². The Hall–Kier alpha value is -1.37. The lowest BCUT2D eigenvalue weighted by Crippen LogP contribution is -2.18. The summed E-state index contributed by atoms with van der Waals surface area (Å²) in [4.78, 5) is 11.5. The van der Waals surface area contributed by atoms with Gasteiger partial charge in [0.25, 0.3) is 5.91 Å². The molecule has 4 nitrogen and oxygen atoms in total. The molecule has 1 heterocycles. The molecule has 16 heavy (non-hydrogen) atoms. The number of hydrogen-bond donors (Lipinski definition) is 1. The van der Waals surface area contributed by atoms with Gasteiger partial charge in [-0.3, -0.25) is 4.79 Å². The standard InChI is InChI=1S/C11H10IN3O/c1-13-11(16)9-7-14-15(10(9)12)8-5-3-2-4-6-8/h2-7H,1H3,(H,13,16). The van der Waals surface area contributed by atoms with Crippen molar-refractivity contribution < 1.29 is 4.79 Å². The fraction of sp³-hybridized carbons (Fsp3) is 0.0909. The van der Waals surface area contributed by atoms with Crippen molar-refractivity contribution in [3.63, 3.8) is 0 Å². The molecule has 0 atom stereocenters. The summed E-state index contributed by atoms with van der Waals surface area (Å²) in [5.41, 5.74) is 1.54. The van der Waals surface area contributed by atoms with E-state index in [0.29, 0.717) is 5.56 Å². The Morgan fingerprint density at radius 2 is 2.06 bits per heavy atom. The summed E-state index contributed by atoms with van der Waals surface area (Å²) in [5, 5.41) is 6.79. The van der Waals surface area contributed by atoms with Gasteiger partial charge in [-0.2, -0.15) is 5.10 Å². The fourth-order valence-corrected chi connectivity index (χ4v) is 2.16. The second-order valence-electron chi connectivity index (χ2n) is 3.18. The first-order chi connectivity index (χ1) is 7.74. The maximum absolute atomic E-state index is 11.5. The molecule has 0 saturated heterocycles. The van der Waals surface area contributed by atoms with Crippen molar-refractivity contribution in [3.05, 3.63) is 45.8 Å². The molecule has 1 aromatic heterocycles. The number of benzene rings is 1. The Kier molecular flexibility index (Phi) is 3.23. The largest absolute Gasteiger partial charge is 0.355 e. The minimum atomic E-state index is -0.119. The van der Waals surface area contributed by atoms with Gasteiger partial charge in [0.2, 0.25) is 0 Å².